The van der Waals surface area contributed by atoms with Crippen LogP contribution >= 0.6 is 11.8 Å². The first-order valence-corrected chi connectivity index (χ1v) is 5.97. The zero-order valence-corrected chi connectivity index (χ0v) is 9.63. The van der Waals surface area contributed by atoms with Crippen molar-refractivity contribution >= 4 is 16.9 Å². The van der Waals surface area contributed by atoms with Gasteiger partial charge in [0.2, 0.25) is 0 Å². The smallest absolute Gasteiger partial charge is 0.159 e. The van der Waals surface area contributed by atoms with E-state index in [0.717, 1.165) is 24.3 Å². The summed E-state index contributed by atoms with van der Waals surface area (Å²) in [6.45, 7) is 1.69. The van der Waals surface area contributed by atoms with E-state index in [2.05, 4.69) is 46.5 Å². The molecule has 0 amide bonds. The molecular weight excluding hydrogens is 206 g/mol. The van der Waals surface area contributed by atoms with Crippen molar-refractivity contribution in [1.29, 1.82) is 0 Å². The maximum atomic E-state index is 4.42. The predicted molar refractivity (Wildman–Crippen MR) is 65.8 cm³/mol. The zero-order chi connectivity index (χ0) is 10.5. The summed E-state index contributed by atoms with van der Waals surface area (Å²) in [5, 5.41) is 4.33. The van der Waals surface area contributed by atoms with Crippen molar-refractivity contribution in [1.82, 2.24) is 10.2 Å². The summed E-state index contributed by atoms with van der Waals surface area (Å²) >= 11 is 1.76. The minimum atomic E-state index is 0.796. The van der Waals surface area contributed by atoms with Crippen molar-refractivity contribution in [3.8, 4) is 0 Å². The van der Waals surface area contributed by atoms with Gasteiger partial charge < -0.3 is 5.32 Å². The van der Waals surface area contributed by atoms with Crippen LogP contribution in [0.3, 0.4) is 0 Å². The molecule has 0 fully saturated rings. The second-order valence-electron chi connectivity index (χ2n) is 3.57. The predicted octanol–water partition coefficient (Wildman–Crippen LogP) is 1.73. The molecule has 0 saturated heterocycles. The molecule has 0 saturated carbocycles. The Kier molecular flexibility index (Phi) is 3.64. The molecule has 0 radical (unpaired) electrons. The van der Waals surface area contributed by atoms with E-state index in [0.29, 0.717) is 0 Å². The third-order valence-electron chi connectivity index (χ3n) is 2.17. The van der Waals surface area contributed by atoms with Crippen molar-refractivity contribution in [2.75, 3.05) is 20.4 Å². The SMILES string of the molecule is CN1CN=C(SCc2ccccc2)NC1. The summed E-state index contributed by atoms with van der Waals surface area (Å²) < 4.78 is 0. The molecule has 3 nitrogen and oxygen atoms in total. The highest BCUT2D eigenvalue weighted by Crippen LogP contribution is 2.13. The fourth-order valence-corrected chi connectivity index (χ4v) is 2.13. The molecule has 0 aromatic heterocycles. The Balaban J connectivity index is 1.84. The average Bonchev–Trinajstić information content (AvgIpc) is 2.30. The van der Waals surface area contributed by atoms with Gasteiger partial charge in [-0.3, -0.25) is 4.90 Å². The Hall–Kier alpha value is -1.00. The molecule has 1 aliphatic heterocycles. The highest BCUT2D eigenvalue weighted by molar-refractivity contribution is 8.13. The van der Waals surface area contributed by atoms with E-state index in [1.807, 2.05) is 6.07 Å². The molecule has 0 spiro atoms. The van der Waals surface area contributed by atoms with Gasteiger partial charge in [-0.15, -0.1) is 0 Å². The summed E-state index contributed by atoms with van der Waals surface area (Å²) in [7, 11) is 2.05. The molecular formula is C11H15N3S. The fourth-order valence-electron chi connectivity index (χ4n) is 1.32. The molecule has 1 aromatic rings. The molecule has 80 valence electrons. The van der Waals surface area contributed by atoms with Gasteiger partial charge in [0.25, 0.3) is 0 Å². The summed E-state index contributed by atoms with van der Waals surface area (Å²) in [4.78, 5) is 6.55. The molecule has 0 atom stereocenters. The summed E-state index contributed by atoms with van der Waals surface area (Å²) in [6.07, 6.45) is 0. The molecule has 1 heterocycles. The first-order chi connectivity index (χ1) is 7.34. The van der Waals surface area contributed by atoms with Gasteiger partial charge in [0.1, 0.15) is 0 Å². The van der Waals surface area contributed by atoms with Crippen LogP contribution in [0, 0.1) is 0 Å². The summed E-state index contributed by atoms with van der Waals surface area (Å²) in [6, 6.07) is 10.5. The lowest BCUT2D eigenvalue weighted by Crippen LogP contribution is -2.39. The van der Waals surface area contributed by atoms with Crippen LogP contribution in [0.4, 0.5) is 0 Å². The van der Waals surface area contributed by atoms with Crippen molar-refractivity contribution in [3.63, 3.8) is 0 Å². The molecule has 1 aromatic carbocycles. The molecule has 0 unspecified atom stereocenters. The Labute approximate surface area is 94.6 Å². The van der Waals surface area contributed by atoms with Gasteiger partial charge in [-0.1, -0.05) is 42.1 Å². The van der Waals surface area contributed by atoms with Crippen LogP contribution in [0.5, 0.6) is 0 Å². The second-order valence-corrected chi connectivity index (χ2v) is 4.53. The topological polar surface area (TPSA) is 27.6 Å². The first-order valence-electron chi connectivity index (χ1n) is 4.98. The number of aliphatic imine (C=N–C) groups is 1. The Morgan fingerprint density at radius 1 is 1.40 bits per heavy atom. The van der Waals surface area contributed by atoms with Crippen LogP contribution in [0.15, 0.2) is 35.3 Å². The number of thioether (sulfide) groups is 1. The minimum absolute atomic E-state index is 0.796. The van der Waals surface area contributed by atoms with Gasteiger partial charge >= 0.3 is 0 Å². The molecule has 0 bridgehead atoms. The van der Waals surface area contributed by atoms with Crippen molar-refractivity contribution in [2.45, 2.75) is 5.75 Å². The van der Waals surface area contributed by atoms with Gasteiger partial charge in [-0.05, 0) is 12.6 Å². The maximum Gasteiger partial charge on any atom is 0.159 e. The van der Waals surface area contributed by atoms with Crippen molar-refractivity contribution in [2.24, 2.45) is 4.99 Å². The van der Waals surface area contributed by atoms with Gasteiger partial charge in [0.15, 0.2) is 5.17 Å². The highest BCUT2D eigenvalue weighted by Gasteiger charge is 2.07. The molecule has 2 rings (SSSR count). The van der Waals surface area contributed by atoms with Crippen LogP contribution < -0.4 is 5.32 Å². The maximum absolute atomic E-state index is 4.42. The third kappa shape index (κ3) is 3.25. The van der Waals surface area contributed by atoms with Crippen molar-refractivity contribution in [3.05, 3.63) is 35.9 Å². The van der Waals surface area contributed by atoms with Crippen LogP contribution in [0.1, 0.15) is 5.56 Å². The van der Waals surface area contributed by atoms with Crippen LogP contribution in [0.25, 0.3) is 0 Å². The third-order valence-corrected chi connectivity index (χ3v) is 3.20. The van der Waals surface area contributed by atoms with Gasteiger partial charge in [0.05, 0.1) is 13.3 Å². The van der Waals surface area contributed by atoms with E-state index in [9.17, 15) is 0 Å². The number of hydrogen-bond acceptors (Lipinski definition) is 4. The Morgan fingerprint density at radius 3 is 2.87 bits per heavy atom. The normalized spacial score (nSPS) is 17.0. The average molecular weight is 221 g/mol. The van der Waals surface area contributed by atoms with E-state index in [1.54, 1.807) is 11.8 Å². The van der Waals surface area contributed by atoms with Crippen LogP contribution in [0.2, 0.25) is 0 Å². The largest absolute Gasteiger partial charge is 0.352 e. The van der Waals surface area contributed by atoms with Crippen molar-refractivity contribution < 1.29 is 0 Å². The van der Waals surface area contributed by atoms with E-state index in [1.165, 1.54) is 5.56 Å². The molecule has 0 aliphatic carbocycles. The zero-order valence-electron chi connectivity index (χ0n) is 8.81. The standard InChI is InChI=1S/C11H15N3S/c1-14-8-12-11(13-9-14)15-7-10-5-3-2-4-6-10/h2-6H,7-9H2,1H3,(H,12,13). The molecule has 15 heavy (non-hydrogen) atoms. The molecule has 4 heteroatoms. The Morgan fingerprint density at radius 2 is 2.20 bits per heavy atom. The lowest BCUT2D eigenvalue weighted by Gasteiger charge is -2.22. The second kappa shape index (κ2) is 5.19. The quantitative estimate of drug-likeness (QED) is 0.824. The molecule has 1 aliphatic rings. The number of amidine groups is 1. The van der Waals surface area contributed by atoms with E-state index in [4.69, 9.17) is 0 Å². The highest BCUT2D eigenvalue weighted by atomic mass is 32.2. The minimum Gasteiger partial charge on any atom is -0.352 e. The van der Waals surface area contributed by atoms with Crippen LogP contribution in [-0.4, -0.2) is 30.5 Å². The summed E-state index contributed by atoms with van der Waals surface area (Å²) in [5.41, 5.74) is 1.34. The van der Waals surface area contributed by atoms with Gasteiger partial charge in [-0.25, -0.2) is 4.99 Å². The number of nitrogens with zero attached hydrogens (tertiary/aromatic N) is 2. The number of hydrogen-bond donors (Lipinski definition) is 1. The van der Waals surface area contributed by atoms with Crippen LogP contribution in [-0.2, 0) is 5.75 Å². The Bertz CT molecular complexity index is 337. The lowest BCUT2D eigenvalue weighted by atomic mass is 10.2. The monoisotopic (exact) mass is 221 g/mol. The first kappa shape index (κ1) is 10.5. The molecule has 1 N–H and O–H groups in total. The van der Waals surface area contributed by atoms with Gasteiger partial charge in [0, 0.05) is 5.75 Å². The van der Waals surface area contributed by atoms with E-state index in [-0.39, 0.29) is 0 Å². The van der Waals surface area contributed by atoms with E-state index >= 15 is 0 Å². The summed E-state index contributed by atoms with van der Waals surface area (Å²) in [5.74, 6) is 0.983. The van der Waals surface area contributed by atoms with E-state index < -0.39 is 0 Å². The number of rotatable bonds is 2. The lowest BCUT2D eigenvalue weighted by molar-refractivity contribution is 0.326. The van der Waals surface area contributed by atoms with Gasteiger partial charge in [-0.2, -0.15) is 0 Å². The number of benzene rings is 1. The number of nitrogens with one attached hydrogen (secondary N) is 1. The fraction of sp³-hybridized carbons (Fsp3) is 0.364.